The fourth-order valence-electron chi connectivity index (χ4n) is 2.62. The van der Waals surface area contributed by atoms with Crippen LogP contribution in [0.5, 0.6) is 0 Å². The predicted octanol–water partition coefficient (Wildman–Crippen LogP) is 1.42. The van der Waals surface area contributed by atoms with E-state index in [0.717, 1.165) is 0 Å². The molecule has 1 N–H and O–H groups in total. The van der Waals surface area contributed by atoms with Crippen LogP contribution >= 0.6 is 0 Å². The topological polar surface area (TPSA) is 83.4 Å². The number of amides is 1. The van der Waals surface area contributed by atoms with Gasteiger partial charge in [-0.3, -0.25) is 9.59 Å². The molecule has 0 aromatic carbocycles. The molecule has 6 nitrogen and oxygen atoms in total. The Morgan fingerprint density at radius 1 is 1.35 bits per heavy atom. The Morgan fingerprint density at radius 3 is 2.65 bits per heavy atom. The molecule has 2 rings (SSSR count). The van der Waals surface area contributed by atoms with E-state index in [9.17, 15) is 9.59 Å². The van der Waals surface area contributed by atoms with E-state index in [4.69, 9.17) is 5.11 Å². The van der Waals surface area contributed by atoms with Crippen molar-refractivity contribution in [1.29, 1.82) is 0 Å². The summed E-state index contributed by atoms with van der Waals surface area (Å²) in [5.74, 6) is -1.22. The molecule has 1 aromatic rings. The first kappa shape index (κ1) is 14.4. The van der Waals surface area contributed by atoms with Crippen molar-refractivity contribution in [2.45, 2.75) is 39.7 Å². The first-order valence-corrected chi connectivity index (χ1v) is 6.75. The summed E-state index contributed by atoms with van der Waals surface area (Å²) in [6.07, 6.45) is 1.000. The number of likely N-dealkylation sites (tertiary alicyclic amines) is 1. The monoisotopic (exact) mass is 277 g/mol. The third-order valence-electron chi connectivity index (χ3n) is 3.82. The van der Waals surface area contributed by atoms with E-state index in [-0.39, 0.29) is 17.9 Å². The predicted molar refractivity (Wildman–Crippen MR) is 72.4 cm³/mol. The van der Waals surface area contributed by atoms with Gasteiger partial charge < -0.3 is 10.0 Å². The summed E-state index contributed by atoms with van der Waals surface area (Å²) in [7, 11) is 0. The quantitative estimate of drug-likeness (QED) is 0.883. The minimum absolute atomic E-state index is 0.0785. The summed E-state index contributed by atoms with van der Waals surface area (Å²) < 4.78 is 0. The molecule has 2 heterocycles. The van der Waals surface area contributed by atoms with Crippen molar-refractivity contribution in [3.8, 4) is 0 Å². The van der Waals surface area contributed by atoms with Crippen LogP contribution in [0, 0.1) is 19.8 Å². The molecule has 1 aliphatic heterocycles. The summed E-state index contributed by atoms with van der Waals surface area (Å²) in [4.78, 5) is 25.3. The van der Waals surface area contributed by atoms with Crippen LogP contribution in [0.1, 0.15) is 41.5 Å². The number of nitrogens with zero attached hydrogens (tertiary/aromatic N) is 3. The van der Waals surface area contributed by atoms with Crippen molar-refractivity contribution in [3.05, 3.63) is 23.0 Å². The molecule has 0 saturated carbocycles. The first-order valence-electron chi connectivity index (χ1n) is 6.75. The number of carboxylic acid groups (broad SMARTS) is 1. The lowest BCUT2D eigenvalue weighted by molar-refractivity contribution is -0.143. The summed E-state index contributed by atoms with van der Waals surface area (Å²) in [5.41, 5.74) is 1.86. The van der Waals surface area contributed by atoms with Gasteiger partial charge in [0.25, 0.3) is 5.91 Å². The highest BCUT2D eigenvalue weighted by Crippen LogP contribution is 2.25. The van der Waals surface area contributed by atoms with Crippen LogP contribution < -0.4 is 0 Å². The number of carboxylic acids is 1. The smallest absolute Gasteiger partial charge is 0.306 e. The molecule has 6 heteroatoms. The molecule has 1 aliphatic rings. The summed E-state index contributed by atoms with van der Waals surface area (Å²) >= 11 is 0. The van der Waals surface area contributed by atoms with Gasteiger partial charge in [0.15, 0.2) is 0 Å². The molecule has 0 radical (unpaired) electrons. The van der Waals surface area contributed by atoms with Crippen molar-refractivity contribution in [3.63, 3.8) is 0 Å². The van der Waals surface area contributed by atoms with E-state index in [1.54, 1.807) is 24.8 Å². The van der Waals surface area contributed by atoms with E-state index in [1.807, 2.05) is 6.92 Å². The summed E-state index contributed by atoms with van der Waals surface area (Å²) in [6, 6.07) is 1.66. The van der Waals surface area contributed by atoms with Crippen LogP contribution in [-0.4, -0.2) is 44.7 Å². The maximum Gasteiger partial charge on any atom is 0.306 e. The van der Waals surface area contributed by atoms with Crippen molar-refractivity contribution in [2.75, 3.05) is 6.54 Å². The van der Waals surface area contributed by atoms with E-state index < -0.39 is 5.97 Å². The summed E-state index contributed by atoms with van der Waals surface area (Å²) in [6.45, 7) is 5.92. The second-order valence-electron chi connectivity index (χ2n) is 5.39. The Labute approximate surface area is 117 Å². The molecule has 1 amide bonds. The van der Waals surface area contributed by atoms with Gasteiger partial charge in [-0.15, -0.1) is 0 Å². The molecule has 0 bridgehead atoms. The Balaban J connectivity index is 2.18. The fraction of sp³-hybridized carbons (Fsp3) is 0.571. The molecule has 1 saturated heterocycles. The highest BCUT2D eigenvalue weighted by atomic mass is 16.4. The lowest BCUT2D eigenvalue weighted by atomic mass is 9.91. The van der Waals surface area contributed by atoms with Crippen LogP contribution in [-0.2, 0) is 4.79 Å². The molecule has 0 aliphatic carbocycles. The van der Waals surface area contributed by atoms with E-state index in [0.29, 0.717) is 36.3 Å². The van der Waals surface area contributed by atoms with Gasteiger partial charge in [0.1, 0.15) is 0 Å². The van der Waals surface area contributed by atoms with E-state index in [2.05, 4.69) is 10.2 Å². The largest absolute Gasteiger partial charge is 0.481 e. The minimum Gasteiger partial charge on any atom is -0.481 e. The molecular formula is C14H19N3O3. The van der Waals surface area contributed by atoms with Crippen molar-refractivity contribution in [2.24, 2.45) is 5.92 Å². The maximum absolute atomic E-state index is 12.6. The maximum atomic E-state index is 12.6. The Kier molecular flexibility index (Phi) is 4.01. The molecule has 20 heavy (non-hydrogen) atoms. The third-order valence-corrected chi connectivity index (χ3v) is 3.82. The van der Waals surface area contributed by atoms with Gasteiger partial charge in [0.2, 0.25) is 0 Å². The van der Waals surface area contributed by atoms with Crippen LogP contribution in [0.3, 0.4) is 0 Å². The van der Waals surface area contributed by atoms with Gasteiger partial charge in [-0.25, -0.2) is 0 Å². The molecule has 2 atom stereocenters. The Hall–Kier alpha value is -1.98. The molecule has 1 fully saturated rings. The normalized spacial score (nSPS) is 22.6. The second kappa shape index (κ2) is 5.56. The number of aryl methyl sites for hydroxylation is 2. The first-order chi connectivity index (χ1) is 9.40. The van der Waals surface area contributed by atoms with Gasteiger partial charge in [-0.1, -0.05) is 0 Å². The number of aromatic nitrogens is 2. The Bertz CT molecular complexity index is 544. The van der Waals surface area contributed by atoms with Crippen molar-refractivity contribution in [1.82, 2.24) is 15.1 Å². The number of aliphatic carboxylic acids is 1. The second-order valence-corrected chi connectivity index (χ2v) is 5.39. The number of carbonyl (C=O) groups excluding carboxylic acids is 1. The number of hydrogen-bond donors (Lipinski definition) is 1. The molecule has 1 aromatic heterocycles. The van der Waals surface area contributed by atoms with Gasteiger partial charge in [-0.2, -0.15) is 10.2 Å². The van der Waals surface area contributed by atoms with Gasteiger partial charge in [-0.05, 0) is 39.7 Å². The zero-order valence-corrected chi connectivity index (χ0v) is 12.0. The van der Waals surface area contributed by atoms with Crippen molar-refractivity contribution >= 4 is 11.9 Å². The van der Waals surface area contributed by atoms with Gasteiger partial charge in [0, 0.05) is 12.6 Å². The zero-order valence-electron chi connectivity index (χ0n) is 12.0. The Morgan fingerprint density at radius 2 is 2.05 bits per heavy atom. The van der Waals surface area contributed by atoms with Crippen LogP contribution in [0.4, 0.5) is 0 Å². The lowest BCUT2D eigenvalue weighted by Crippen LogP contribution is -2.46. The number of rotatable bonds is 2. The van der Waals surface area contributed by atoms with E-state index in [1.165, 1.54) is 0 Å². The average Bonchev–Trinajstić information content (AvgIpc) is 2.40. The zero-order chi connectivity index (χ0) is 14.9. The molecule has 108 valence electrons. The minimum atomic E-state index is -0.776. The molecule has 0 spiro atoms. The average molecular weight is 277 g/mol. The van der Waals surface area contributed by atoms with Crippen LogP contribution in [0.25, 0.3) is 0 Å². The van der Waals surface area contributed by atoms with Gasteiger partial charge in [0.05, 0.1) is 22.9 Å². The molecular weight excluding hydrogens is 258 g/mol. The van der Waals surface area contributed by atoms with Gasteiger partial charge >= 0.3 is 5.97 Å². The highest BCUT2D eigenvalue weighted by molar-refractivity contribution is 5.95. The van der Waals surface area contributed by atoms with Crippen LogP contribution in [0.2, 0.25) is 0 Å². The fourth-order valence-corrected chi connectivity index (χ4v) is 2.62. The number of hydrogen-bond acceptors (Lipinski definition) is 4. The van der Waals surface area contributed by atoms with E-state index >= 15 is 0 Å². The third kappa shape index (κ3) is 2.79. The standard InChI is InChI=1S/C14H19N3O3/c1-8-6-12(10(3)16-15-8)13(18)17-5-4-11(14(19)20)7-9(17)2/h6,9,11H,4-5,7H2,1-3H3,(H,19,20). The number of piperidine rings is 1. The van der Waals surface area contributed by atoms with Crippen LogP contribution in [0.15, 0.2) is 6.07 Å². The summed E-state index contributed by atoms with van der Waals surface area (Å²) in [5, 5.41) is 17.0. The lowest BCUT2D eigenvalue weighted by Gasteiger charge is -2.36. The van der Waals surface area contributed by atoms with Crippen molar-refractivity contribution < 1.29 is 14.7 Å². The highest BCUT2D eigenvalue weighted by Gasteiger charge is 2.33. The SMILES string of the molecule is Cc1cc(C(=O)N2CCC(C(=O)O)CC2C)c(C)nn1. The number of carbonyl (C=O) groups is 2. The molecule has 2 unspecified atom stereocenters.